The molecule has 3 heteroatoms. The highest BCUT2D eigenvalue weighted by atomic mass is 16.2. The van der Waals surface area contributed by atoms with Crippen LogP contribution in [0.5, 0.6) is 0 Å². The number of rotatable bonds is 6. The average molecular weight is 284 g/mol. The zero-order valence-corrected chi connectivity index (χ0v) is 13.0. The molecule has 0 aliphatic rings. The van der Waals surface area contributed by atoms with Crippen molar-refractivity contribution in [3.63, 3.8) is 0 Å². The molecule has 2 unspecified atom stereocenters. The summed E-state index contributed by atoms with van der Waals surface area (Å²) in [6.07, 6.45) is 2.08. The van der Waals surface area contributed by atoms with E-state index in [0.29, 0.717) is 0 Å². The first-order chi connectivity index (χ1) is 10.1. The molecule has 0 spiro atoms. The quantitative estimate of drug-likeness (QED) is 0.843. The van der Waals surface area contributed by atoms with Gasteiger partial charge in [-0.2, -0.15) is 0 Å². The molecule has 0 saturated carbocycles. The van der Waals surface area contributed by atoms with E-state index < -0.39 is 0 Å². The zero-order chi connectivity index (χ0) is 15.2. The minimum atomic E-state index is -0.255. The van der Waals surface area contributed by atoms with Crippen molar-refractivity contribution in [1.29, 1.82) is 0 Å². The molecule has 21 heavy (non-hydrogen) atoms. The van der Waals surface area contributed by atoms with Gasteiger partial charge in [0.1, 0.15) is 6.04 Å². The van der Waals surface area contributed by atoms with E-state index in [0.717, 1.165) is 23.9 Å². The first-order valence-corrected chi connectivity index (χ1v) is 7.66. The Kier molecular flexibility index (Phi) is 5.20. The summed E-state index contributed by atoms with van der Waals surface area (Å²) >= 11 is 0. The fourth-order valence-corrected chi connectivity index (χ4v) is 2.52. The molecule has 0 saturated heterocycles. The lowest BCUT2D eigenvalue weighted by Gasteiger charge is -2.19. The molecule has 2 rings (SSSR count). The van der Waals surface area contributed by atoms with Gasteiger partial charge in [-0.05, 0) is 31.7 Å². The normalized spacial score (nSPS) is 13.7. The van der Waals surface area contributed by atoms with Crippen molar-refractivity contribution in [1.82, 2.24) is 5.32 Å². The Bertz CT molecular complexity index is 604. The van der Waals surface area contributed by atoms with Crippen molar-refractivity contribution in [3.8, 4) is 0 Å². The number of carbonyl (C=O) groups excluding carboxylic acids is 1. The van der Waals surface area contributed by atoms with Gasteiger partial charge < -0.3 is 10.6 Å². The van der Waals surface area contributed by atoms with Crippen molar-refractivity contribution >= 4 is 22.4 Å². The predicted octanol–water partition coefficient (Wildman–Crippen LogP) is 3.95. The molecule has 1 amide bonds. The van der Waals surface area contributed by atoms with Crippen LogP contribution >= 0.6 is 0 Å². The van der Waals surface area contributed by atoms with Crippen molar-refractivity contribution in [2.75, 3.05) is 5.32 Å². The van der Waals surface area contributed by atoms with Gasteiger partial charge in [-0.15, -0.1) is 0 Å². The van der Waals surface area contributed by atoms with Gasteiger partial charge in [0.15, 0.2) is 0 Å². The highest BCUT2D eigenvalue weighted by molar-refractivity contribution is 5.95. The Morgan fingerprint density at radius 1 is 1.10 bits per heavy atom. The van der Waals surface area contributed by atoms with Gasteiger partial charge in [-0.1, -0.05) is 49.7 Å². The van der Waals surface area contributed by atoms with Crippen molar-refractivity contribution < 1.29 is 4.79 Å². The molecule has 0 aromatic heterocycles. The highest BCUT2D eigenvalue weighted by Crippen LogP contribution is 2.23. The number of nitrogens with one attached hydrogen (secondary N) is 2. The van der Waals surface area contributed by atoms with E-state index in [2.05, 4.69) is 35.8 Å². The standard InChI is InChI=1S/C18H24N2O/c1-4-8-13(2)19-18(21)14(3)20-17-12-7-10-15-9-5-6-11-16(15)17/h5-7,9-14,20H,4,8H2,1-3H3,(H,19,21). The lowest BCUT2D eigenvalue weighted by molar-refractivity contribution is -0.122. The lowest BCUT2D eigenvalue weighted by Crippen LogP contribution is -2.42. The molecule has 112 valence electrons. The van der Waals surface area contributed by atoms with E-state index in [1.54, 1.807) is 0 Å². The second-order valence-corrected chi connectivity index (χ2v) is 5.59. The van der Waals surface area contributed by atoms with Crippen LogP contribution in [0.1, 0.15) is 33.6 Å². The van der Waals surface area contributed by atoms with Crippen LogP contribution in [0.4, 0.5) is 5.69 Å². The number of anilines is 1. The first-order valence-electron chi connectivity index (χ1n) is 7.66. The number of amides is 1. The Hall–Kier alpha value is -2.03. The Balaban J connectivity index is 2.07. The van der Waals surface area contributed by atoms with Crippen molar-refractivity contribution in [2.24, 2.45) is 0 Å². The fourth-order valence-electron chi connectivity index (χ4n) is 2.52. The maximum Gasteiger partial charge on any atom is 0.242 e. The second kappa shape index (κ2) is 7.11. The number of fused-ring (bicyclic) bond motifs is 1. The number of hydrogen-bond acceptors (Lipinski definition) is 2. The molecular formula is C18H24N2O. The van der Waals surface area contributed by atoms with Crippen LogP contribution in [0.2, 0.25) is 0 Å². The van der Waals surface area contributed by atoms with E-state index in [4.69, 9.17) is 0 Å². The summed E-state index contributed by atoms with van der Waals surface area (Å²) in [7, 11) is 0. The van der Waals surface area contributed by atoms with E-state index in [1.807, 2.05) is 38.1 Å². The fraction of sp³-hybridized carbons (Fsp3) is 0.389. The van der Waals surface area contributed by atoms with E-state index in [-0.39, 0.29) is 18.0 Å². The Morgan fingerprint density at radius 2 is 1.81 bits per heavy atom. The van der Waals surface area contributed by atoms with E-state index in [9.17, 15) is 4.79 Å². The molecule has 2 atom stereocenters. The maximum absolute atomic E-state index is 12.2. The summed E-state index contributed by atoms with van der Waals surface area (Å²) in [5.41, 5.74) is 0.999. The molecule has 0 bridgehead atoms. The summed E-state index contributed by atoms with van der Waals surface area (Å²) in [6, 6.07) is 14.3. The predicted molar refractivity (Wildman–Crippen MR) is 89.5 cm³/mol. The smallest absolute Gasteiger partial charge is 0.242 e. The maximum atomic E-state index is 12.2. The molecule has 2 aromatic rings. The van der Waals surface area contributed by atoms with Crippen LogP contribution in [-0.2, 0) is 4.79 Å². The largest absolute Gasteiger partial charge is 0.373 e. The van der Waals surface area contributed by atoms with E-state index >= 15 is 0 Å². The minimum Gasteiger partial charge on any atom is -0.373 e. The summed E-state index contributed by atoms with van der Waals surface area (Å²) < 4.78 is 0. The summed E-state index contributed by atoms with van der Waals surface area (Å²) in [5.74, 6) is 0.0453. The van der Waals surface area contributed by atoms with Gasteiger partial charge in [-0.25, -0.2) is 0 Å². The highest BCUT2D eigenvalue weighted by Gasteiger charge is 2.15. The van der Waals surface area contributed by atoms with Gasteiger partial charge in [0.2, 0.25) is 5.91 Å². The van der Waals surface area contributed by atoms with Crippen LogP contribution in [0.3, 0.4) is 0 Å². The molecule has 0 aliphatic carbocycles. The van der Waals surface area contributed by atoms with Gasteiger partial charge in [-0.3, -0.25) is 4.79 Å². The van der Waals surface area contributed by atoms with Crippen LogP contribution in [0.15, 0.2) is 42.5 Å². The molecule has 0 heterocycles. The molecule has 0 radical (unpaired) electrons. The molecular weight excluding hydrogens is 260 g/mol. The van der Waals surface area contributed by atoms with Gasteiger partial charge in [0.25, 0.3) is 0 Å². The Labute approximate surface area is 126 Å². The van der Waals surface area contributed by atoms with E-state index in [1.165, 1.54) is 5.39 Å². The summed E-state index contributed by atoms with van der Waals surface area (Å²) in [4.78, 5) is 12.2. The number of carbonyl (C=O) groups is 1. The average Bonchev–Trinajstić information content (AvgIpc) is 2.47. The third-order valence-corrected chi connectivity index (χ3v) is 3.67. The third-order valence-electron chi connectivity index (χ3n) is 3.67. The second-order valence-electron chi connectivity index (χ2n) is 5.59. The molecule has 2 aromatic carbocycles. The summed E-state index contributed by atoms with van der Waals surface area (Å²) in [6.45, 7) is 6.07. The zero-order valence-electron chi connectivity index (χ0n) is 13.0. The minimum absolute atomic E-state index is 0.0453. The molecule has 3 nitrogen and oxygen atoms in total. The molecule has 0 fully saturated rings. The number of hydrogen-bond donors (Lipinski definition) is 2. The van der Waals surface area contributed by atoms with Gasteiger partial charge in [0, 0.05) is 17.1 Å². The third kappa shape index (κ3) is 3.97. The van der Waals surface area contributed by atoms with Crippen LogP contribution < -0.4 is 10.6 Å². The Morgan fingerprint density at radius 3 is 2.57 bits per heavy atom. The van der Waals surface area contributed by atoms with Crippen molar-refractivity contribution in [3.05, 3.63) is 42.5 Å². The molecule has 2 N–H and O–H groups in total. The molecule has 0 aliphatic heterocycles. The SMILES string of the molecule is CCCC(C)NC(=O)C(C)Nc1cccc2ccccc12. The lowest BCUT2D eigenvalue weighted by atomic mass is 10.1. The van der Waals surface area contributed by atoms with Gasteiger partial charge in [0.05, 0.1) is 0 Å². The first kappa shape index (κ1) is 15.4. The van der Waals surface area contributed by atoms with Gasteiger partial charge >= 0.3 is 0 Å². The van der Waals surface area contributed by atoms with Crippen LogP contribution in [-0.4, -0.2) is 18.0 Å². The van der Waals surface area contributed by atoms with Crippen LogP contribution in [0.25, 0.3) is 10.8 Å². The van der Waals surface area contributed by atoms with Crippen molar-refractivity contribution in [2.45, 2.75) is 45.7 Å². The summed E-state index contributed by atoms with van der Waals surface area (Å²) in [5, 5.41) is 8.68. The monoisotopic (exact) mass is 284 g/mol. The topological polar surface area (TPSA) is 41.1 Å². The van der Waals surface area contributed by atoms with Crippen LogP contribution in [0, 0.1) is 0 Å². The number of benzene rings is 2.